The average Bonchev–Trinajstić information content (AvgIpc) is 3.41. The van der Waals surface area contributed by atoms with Gasteiger partial charge in [-0.05, 0) is 68.7 Å². The molecule has 1 aromatic heterocycles. The molecule has 7 nitrogen and oxygen atoms in total. The van der Waals surface area contributed by atoms with Gasteiger partial charge in [0.15, 0.2) is 0 Å². The number of hydrogen-bond acceptors (Lipinski definition) is 4. The first kappa shape index (κ1) is 29.7. The van der Waals surface area contributed by atoms with Crippen LogP contribution in [0, 0.1) is 0 Å². The number of ether oxygens (including phenoxy) is 2. The summed E-state index contributed by atoms with van der Waals surface area (Å²) in [6.07, 6.45) is 7.48. The molecule has 1 saturated carbocycles. The van der Waals surface area contributed by atoms with E-state index in [2.05, 4.69) is 44.9 Å². The molecule has 2 aromatic carbocycles. The summed E-state index contributed by atoms with van der Waals surface area (Å²) in [5.74, 6) is 0.774. The molecule has 1 aliphatic rings. The van der Waals surface area contributed by atoms with Crippen LogP contribution in [-0.2, 0) is 17.9 Å². The van der Waals surface area contributed by atoms with E-state index in [0.29, 0.717) is 23.6 Å². The lowest BCUT2D eigenvalue weighted by Gasteiger charge is -2.37. The molecule has 1 heterocycles. The van der Waals surface area contributed by atoms with Crippen molar-refractivity contribution in [3.8, 4) is 11.5 Å². The molecule has 0 aliphatic heterocycles. The number of aromatic nitrogens is 1. The maximum atomic E-state index is 14.0. The van der Waals surface area contributed by atoms with E-state index in [4.69, 9.17) is 9.47 Å². The summed E-state index contributed by atoms with van der Waals surface area (Å²) in [6, 6.07) is 17.6. The van der Waals surface area contributed by atoms with E-state index >= 15 is 0 Å². The van der Waals surface area contributed by atoms with E-state index in [1.807, 2.05) is 36.9 Å². The Balaban J connectivity index is 1.57. The Labute approximate surface area is 246 Å². The Morgan fingerprint density at radius 2 is 1.73 bits per heavy atom. The summed E-state index contributed by atoms with van der Waals surface area (Å²) in [5.41, 5.74) is 2.69. The van der Waals surface area contributed by atoms with E-state index in [9.17, 15) is 9.59 Å². The lowest BCUT2D eigenvalue weighted by molar-refractivity contribution is -0.136. The molecule has 214 valence electrons. The average molecular weight is 611 g/mol. The highest BCUT2D eigenvalue weighted by atomic mass is 79.9. The summed E-state index contributed by atoms with van der Waals surface area (Å²) in [4.78, 5) is 31.4. The molecule has 3 aromatic rings. The second-order valence-corrected chi connectivity index (χ2v) is 11.6. The number of nitrogens with zero attached hydrogens (tertiary/aromatic N) is 3. The van der Waals surface area contributed by atoms with E-state index in [1.165, 1.54) is 19.1 Å². The van der Waals surface area contributed by atoms with Gasteiger partial charge in [0.2, 0.25) is 5.91 Å². The highest BCUT2D eigenvalue weighted by Crippen LogP contribution is 2.28. The Morgan fingerprint density at radius 3 is 2.38 bits per heavy atom. The Kier molecular flexibility index (Phi) is 10.3. The van der Waals surface area contributed by atoms with Gasteiger partial charge in [0.25, 0.3) is 5.91 Å². The van der Waals surface area contributed by atoms with Crippen molar-refractivity contribution in [1.29, 1.82) is 0 Å². The van der Waals surface area contributed by atoms with Gasteiger partial charge >= 0.3 is 0 Å². The zero-order chi connectivity index (χ0) is 28.6. The van der Waals surface area contributed by atoms with Gasteiger partial charge in [-0.25, -0.2) is 0 Å². The van der Waals surface area contributed by atoms with Gasteiger partial charge in [0.05, 0.1) is 26.3 Å². The van der Waals surface area contributed by atoms with Crippen LogP contribution < -0.4 is 9.47 Å². The second-order valence-electron chi connectivity index (χ2n) is 10.7. The van der Waals surface area contributed by atoms with Crippen LogP contribution in [-0.4, -0.2) is 59.0 Å². The van der Waals surface area contributed by atoms with Crippen LogP contribution in [0.1, 0.15) is 67.6 Å². The third kappa shape index (κ3) is 7.27. The molecule has 1 aliphatic carbocycles. The van der Waals surface area contributed by atoms with E-state index < -0.39 is 0 Å². The summed E-state index contributed by atoms with van der Waals surface area (Å²) in [6.45, 7) is 5.13. The van der Waals surface area contributed by atoms with Crippen LogP contribution in [0.2, 0.25) is 0 Å². The molecule has 40 heavy (non-hydrogen) atoms. The van der Waals surface area contributed by atoms with E-state index in [1.54, 1.807) is 30.2 Å². The fourth-order valence-electron chi connectivity index (χ4n) is 5.38. The molecule has 0 spiro atoms. The molecule has 8 heteroatoms. The number of methoxy groups -OCH3 is 2. The zero-order valence-corrected chi connectivity index (χ0v) is 25.5. The van der Waals surface area contributed by atoms with Gasteiger partial charge in [0, 0.05) is 41.1 Å². The standard InChI is InChI=1S/C32H40BrN3O4/c1-23(2)35(32(38)29-17-16-28(39-3)19-30(29)40-4)22-31(37)36(26-9-6-5-7-10-26)21-27-11-8-18-34(27)20-24-12-14-25(33)15-13-24/h8,11-19,23,26H,5-7,9-10,20-22H2,1-4H3. The first-order valence-corrected chi connectivity index (χ1v) is 14.8. The first-order chi connectivity index (χ1) is 19.3. The number of benzene rings is 2. The lowest BCUT2D eigenvalue weighted by Crippen LogP contribution is -2.49. The fraction of sp³-hybridized carbons (Fsp3) is 0.438. The van der Waals surface area contributed by atoms with Crippen molar-refractivity contribution >= 4 is 27.7 Å². The van der Waals surface area contributed by atoms with Crippen molar-refractivity contribution in [2.24, 2.45) is 0 Å². The normalized spacial score (nSPS) is 13.8. The summed E-state index contributed by atoms with van der Waals surface area (Å²) in [7, 11) is 3.11. The zero-order valence-electron chi connectivity index (χ0n) is 23.9. The van der Waals surface area contributed by atoms with Crippen molar-refractivity contribution in [3.63, 3.8) is 0 Å². The molecule has 2 amide bonds. The SMILES string of the molecule is COc1ccc(C(=O)N(CC(=O)N(Cc2cccn2Cc2ccc(Br)cc2)C2CCCCC2)C(C)C)c(OC)c1. The van der Waals surface area contributed by atoms with Crippen LogP contribution in [0.4, 0.5) is 0 Å². The molecule has 4 rings (SSSR count). The van der Waals surface area contributed by atoms with Gasteiger partial charge in [-0.1, -0.05) is 47.3 Å². The van der Waals surface area contributed by atoms with Crippen molar-refractivity contribution in [1.82, 2.24) is 14.4 Å². The largest absolute Gasteiger partial charge is 0.497 e. The maximum absolute atomic E-state index is 14.0. The highest BCUT2D eigenvalue weighted by Gasteiger charge is 2.31. The van der Waals surface area contributed by atoms with Crippen molar-refractivity contribution < 1.29 is 19.1 Å². The van der Waals surface area contributed by atoms with Crippen LogP contribution >= 0.6 is 15.9 Å². The minimum Gasteiger partial charge on any atom is -0.497 e. The van der Waals surface area contributed by atoms with Crippen LogP contribution in [0.15, 0.2) is 65.3 Å². The van der Waals surface area contributed by atoms with Gasteiger partial charge in [0.1, 0.15) is 18.0 Å². The summed E-state index contributed by atoms with van der Waals surface area (Å²) in [5, 5.41) is 0. The number of hydrogen-bond donors (Lipinski definition) is 0. The third-order valence-electron chi connectivity index (χ3n) is 7.69. The number of amides is 2. The number of carbonyl (C=O) groups excluding carboxylic acids is 2. The molecular weight excluding hydrogens is 570 g/mol. The number of halogens is 1. The van der Waals surface area contributed by atoms with Crippen LogP contribution in [0.5, 0.6) is 11.5 Å². The number of carbonyl (C=O) groups is 2. The molecule has 0 radical (unpaired) electrons. The van der Waals surface area contributed by atoms with Gasteiger partial charge in [-0.15, -0.1) is 0 Å². The first-order valence-electron chi connectivity index (χ1n) is 14.0. The second kappa shape index (κ2) is 13.9. The Hall–Kier alpha value is -3.26. The van der Waals surface area contributed by atoms with Crippen molar-refractivity contribution in [3.05, 3.63) is 82.1 Å². The van der Waals surface area contributed by atoms with Crippen LogP contribution in [0.3, 0.4) is 0 Å². The molecule has 0 bridgehead atoms. The van der Waals surface area contributed by atoms with Crippen molar-refractivity contribution in [2.75, 3.05) is 20.8 Å². The minimum absolute atomic E-state index is 0.00953. The lowest BCUT2D eigenvalue weighted by atomic mass is 9.94. The monoisotopic (exact) mass is 609 g/mol. The molecule has 0 atom stereocenters. The van der Waals surface area contributed by atoms with Gasteiger partial charge in [-0.3, -0.25) is 9.59 Å². The van der Waals surface area contributed by atoms with E-state index in [0.717, 1.165) is 42.4 Å². The minimum atomic E-state index is -0.231. The molecule has 1 fully saturated rings. The molecule has 0 saturated heterocycles. The Bertz CT molecular complexity index is 1280. The number of rotatable bonds is 11. The highest BCUT2D eigenvalue weighted by molar-refractivity contribution is 9.10. The molecule has 0 unspecified atom stereocenters. The third-order valence-corrected chi connectivity index (χ3v) is 8.22. The fourth-order valence-corrected chi connectivity index (χ4v) is 5.64. The van der Waals surface area contributed by atoms with Crippen molar-refractivity contribution in [2.45, 2.75) is 71.1 Å². The summed E-state index contributed by atoms with van der Waals surface area (Å²) < 4.78 is 14.1. The quantitative estimate of drug-likeness (QED) is 0.248. The smallest absolute Gasteiger partial charge is 0.258 e. The van der Waals surface area contributed by atoms with Gasteiger partial charge in [-0.2, -0.15) is 0 Å². The van der Waals surface area contributed by atoms with Gasteiger partial charge < -0.3 is 23.8 Å². The molecule has 0 N–H and O–H groups in total. The molecular formula is C32H40BrN3O4. The Morgan fingerprint density at radius 1 is 1.00 bits per heavy atom. The topological polar surface area (TPSA) is 64.0 Å². The van der Waals surface area contributed by atoms with Crippen LogP contribution in [0.25, 0.3) is 0 Å². The predicted molar refractivity (Wildman–Crippen MR) is 161 cm³/mol. The summed E-state index contributed by atoms with van der Waals surface area (Å²) >= 11 is 3.51. The van der Waals surface area contributed by atoms with E-state index in [-0.39, 0.29) is 30.4 Å². The maximum Gasteiger partial charge on any atom is 0.258 e. The predicted octanol–water partition coefficient (Wildman–Crippen LogP) is 6.53.